The lowest BCUT2D eigenvalue weighted by atomic mass is 10.4. The quantitative estimate of drug-likeness (QED) is 0.740. The highest BCUT2D eigenvalue weighted by Gasteiger charge is 2.28. The first kappa shape index (κ1) is 17.1. The van der Waals surface area contributed by atoms with Crippen molar-refractivity contribution in [3.05, 3.63) is 11.4 Å². The fourth-order valence-electron chi connectivity index (χ4n) is 2.11. The lowest BCUT2D eigenvalue weighted by molar-refractivity contribution is -0.133. The maximum Gasteiger partial charge on any atom is 0.281 e. The molecule has 1 aromatic heterocycles. The van der Waals surface area contributed by atoms with Crippen molar-refractivity contribution in [1.82, 2.24) is 17.9 Å². The fourth-order valence-corrected chi connectivity index (χ4v) is 3.70. The van der Waals surface area contributed by atoms with Gasteiger partial charge in [0.25, 0.3) is 16.1 Å². The predicted octanol–water partition coefficient (Wildman–Crippen LogP) is -0.137. The van der Waals surface area contributed by atoms with Crippen molar-refractivity contribution in [2.45, 2.75) is 6.42 Å². The van der Waals surface area contributed by atoms with Gasteiger partial charge < -0.3 is 9.64 Å². The minimum Gasteiger partial charge on any atom is -0.467 e. The summed E-state index contributed by atoms with van der Waals surface area (Å²) < 4.78 is 36.1. The third-order valence-corrected chi connectivity index (χ3v) is 5.84. The number of rotatable bonds is 5. The van der Waals surface area contributed by atoms with E-state index in [2.05, 4.69) is 4.37 Å². The van der Waals surface area contributed by atoms with E-state index in [-0.39, 0.29) is 12.5 Å². The van der Waals surface area contributed by atoms with E-state index in [0.29, 0.717) is 38.5 Å². The first-order valence-electron chi connectivity index (χ1n) is 6.90. The molecule has 1 aliphatic heterocycles. The van der Waals surface area contributed by atoms with E-state index in [4.69, 9.17) is 4.74 Å². The summed E-state index contributed by atoms with van der Waals surface area (Å²) in [5.41, 5.74) is 0. The molecular formula is C12H20N4O4S2. The molecular weight excluding hydrogens is 328 g/mol. The Morgan fingerprint density at radius 1 is 1.36 bits per heavy atom. The van der Waals surface area contributed by atoms with Crippen LogP contribution in [0.15, 0.2) is 11.4 Å². The number of carbonyl (C=O) groups is 1. The number of aromatic nitrogens is 1. The molecule has 22 heavy (non-hydrogen) atoms. The van der Waals surface area contributed by atoms with Gasteiger partial charge in [-0.3, -0.25) is 4.79 Å². The Labute approximate surface area is 134 Å². The molecule has 1 fully saturated rings. The highest BCUT2D eigenvalue weighted by molar-refractivity contribution is 7.86. The Bertz CT molecular complexity index is 588. The maximum absolute atomic E-state index is 12.1. The highest BCUT2D eigenvalue weighted by atomic mass is 32.2. The number of nitrogens with zero attached hydrogens (tertiary/aromatic N) is 4. The van der Waals surface area contributed by atoms with Gasteiger partial charge in [-0.05, 0) is 18.0 Å². The van der Waals surface area contributed by atoms with Gasteiger partial charge in [-0.15, -0.1) is 0 Å². The predicted molar refractivity (Wildman–Crippen MR) is 83.0 cm³/mol. The number of hydrogen-bond acceptors (Lipinski definition) is 6. The van der Waals surface area contributed by atoms with E-state index in [9.17, 15) is 13.2 Å². The van der Waals surface area contributed by atoms with Crippen molar-refractivity contribution in [1.29, 1.82) is 0 Å². The van der Waals surface area contributed by atoms with Gasteiger partial charge >= 0.3 is 0 Å². The number of ether oxygens (including phenoxy) is 1. The molecule has 0 N–H and O–H groups in total. The van der Waals surface area contributed by atoms with Crippen LogP contribution in [-0.4, -0.2) is 79.1 Å². The van der Waals surface area contributed by atoms with Crippen molar-refractivity contribution >= 4 is 27.6 Å². The van der Waals surface area contributed by atoms with Gasteiger partial charge in [0.2, 0.25) is 5.88 Å². The van der Waals surface area contributed by atoms with E-state index in [0.717, 1.165) is 0 Å². The van der Waals surface area contributed by atoms with Crippen molar-refractivity contribution < 1.29 is 17.9 Å². The molecule has 2 heterocycles. The Kier molecular flexibility index (Phi) is 5.73. The second kappa shape index (κ2) is 7.36. The first-order chi connectivity index (χ1) is 10.4. The second-order valence-electron chi connectivity index (χ2n) is 5.05. The van der Waals surface area contributed by atoms with Gasteiger partial charge in [0.15, 0.2) is 6.61 Å². The van der Waals surface area contributed by atoms with E-state index >= 15 is 0 Å². The molecule has 8 nitrogen and oxygen atoms in total. The molecule has 1 saturated heterocycles. The third-order valence-electron chi connectivity index (χ3n) is 3.35. The molecule has 0 aliphatic carbocycles. The van der Waals surface area contributed by atoms with E-state index in [1.807, 2.05) is 0 Å². The van der Waals surface area contributed by atoms with Gasteiger partial charge in [0.1, 0.15) is 0 Å². The van der Waals surface area contributed by atoms with Crippen LogP contribution in [0, 0.1) is 0 Å². The lowest BCUT2D eigenvalue weighted by Gasteiger charge is -2.24. The Balaban J connectivity index is 1.88. The molecule has 124 valence electrons. The second-order valence-corrected chi connectivity index (χ2v) is 7.86. The Morgan fingerprint density at radius 3 is 2.77 bits per heavy atom. The standard InChI is InChI=1S/C12H20N4O4S2/c1-14(2)22(18,19)16-6-3-5-15(7-8-16)12(17)10-20-11-4-9-21-13-11/h4,9H,3,5-8,10H2,1-2H3. The van der Waals surface area contributed by atoms with Crippen LogP contribution in [0.5, 0.6) is 5.88 Å². The van der Waals surface area contributed by atoms with E-state index in [1.165, 1.54) is 34.2 Å². The van der Waals surface area contributed by atoms with Crippen LogP contribution < -0.4 is 4.74 Å². The van der Waals surface area contributed by atoms with Crippen molar-refractivity contribution in [3.8, 4) is 5.88 Å². The van der Waals surface area contributed by atoms with Crippen LogP contribution in [-0.2, 0) is 15.0 Å². The summed E-state index contributed by atoms with van der Waals surface area (Å²) in [7, 11) is -0.422. The van der Waals surface area contributed by atoms with Gasteiger partial charge in [-0.25, -0.2) is 0 Å². The average Bonchev–Trinajstić information content (AvgIpc) is 2.86. The summed E-state index contributed by atoms with van der Waals surface area (Å²) in [6, 6.07) is 1.70. The molecule has 0 spiro atoms. The summed E-state index contributed by atoms with van der Waals surface area (Å²) in [5.74, 6) is 0.280. The summed E-state index contributed by atoms with van der Waals surface area (Å²) >= 11 is 1.26. The van der Waals surface area contributed by atoms with E-state index in [1.54, 1.807) is 16.3 Å². The van der Waals surface area contributed by atoms with Gasteiger partial charge in [0, 0.05) is 51.7 Å². The van der Waals surface area contributed by atoms with Crippen LogP contribution in [0.2, 0.25) is 0 Å². The molecule has 0 unspecified atom stereocenters. The Morgan fingerprint density at radius 2 is 2.14 bits per heavy atom. The Hall–Kier alpha value is -1.23. The van der Waals surface area contributed by atoms with Crippen molar-refractivity contribution in [2.24, 2.45) is 0 Å². The molecule has 0 atom stereocenters. The minimum atomic E-state index is -3.43. The normalized spacial score (nSPS) is 17.5. The molecule has 0 radical (unpaired) electrons. The molecule has 0 saturated carbocycles. The average molecular weight is 348 g/mol. The highest BCUT2D eigenvalue weighted by Crippen LogP contribution is 2.12. The van der Waals surface area contributed by atoms with Crippen molar-refractivity contribution in [3.63, 3.8) is 0 Å². The zero-order chi connectivity index (χ0) is 16.2. The van der Waals surface area contributed by atoms with E-state index < -0.39 is 10.2 Å². The molecule has 1 amide bonds. The molecule has 0 bridgehead atoms. The van der Waals surface area contributed by atoms with Gasteiger partial charge in [-0.1, -0.05) is 0 Å². The van der Waals surface area contributed by atoms with Crippen LogP contribution in [0.3, 0.4) is 0 Å². The summed E-state index contributed by atoms with van der Waals surface area (Å²) in [6.07, 6.45) is 0.607. The molecule has 1 aromatic rings. The van der Waals surface area contributed by atoms with Gasteiger partial charge in [0.05, 0.1) is 0 Å². The molecule has 2 rings (SSSR count). The number of amides is 1. The maximum atomic E-state index is 12.1. The first-order valence-corrected chi connectivity index (χ1v) is 9.13. The molecule has 10 heteroatoms. The lowest BCUT2D eigenvalue weighted by Crippen LogP contribution is -2.43. The molecule has 0 aromatic carbocycles. The minimum absolute atomic E-state index is 0.0792. The van der Waals surface area contributed by atoms with Crippen LogP contribution in [0.4, 0.5) is 0 Å². The van der Waals surface area contributed by atoms with Crippen LogP contribution >= 0.6 is 11.5 Å². The zero-order valence-corrected chi connectivity index (χ0v) is 14.3. The molecule has 1 aliphatic rings. The largest absolute Gasteiger partial charge is 0.467 e. The third kappa shape index (κ3) is 4.15. The topological polar surface area (TPSA) is 83.1 Å². The van der Waals surface area contributed by atoms with Crippen LogP contribution in [0.1, 0.15) is 6.42 Å². The number of hydrogen-bond donors (Lipinski definition) is 0. The summed E-state index contributed by atoms with van der Waals surface area (Å²) in [5, 5.41) is 1.77. The van der Waals surface area contributed by atoms with Crippen molar-refractivity contribution in [2.75, 3.05) is 46.9 Å². The smallest absolute Gasteiger partial charge is 0.281 e. The monoisotopic (exact) mass is 348 g/mol. The SMILES string of the molecule is CN(C)S(=O)(=O)N1CCCN(C(=O)COc2ccsn2)CC1. The fraction of sp³-hybridized carbons (Fsp3) is 0.667. The van der Waals surface area contributed by atoms with Gasteiger partial charge in [-0.2, -0.15) is 21.4 Å². The number of carbonyl (C=O) groups excluding carboxylic acids is 1. The zero-order valence-electron chi connectivity index (χ0n) is 12.6. The summed E-state index contributed by atoms with van der Waals surface area (Å²) in [6.45, 7) is 1.52. The van der Waals surface area contributed by atoms with Crippen LogP contribution in [0.25, 0.3) is 0 Å². The summed E-state index contributed by atoms with van der Waals surface area (Å²) in [4.78, 5) is 13.8.